The predicted octanol–water partition coefficient (Wildman–Crippen LogP) is 2.82. The van der Waals surface area contributed by atoms with Gasteiger partial charge in [0.25, 0.3) is 5.91 Å². The van der Waals surface area contributed by atoms with Crippen LogP contribution < -0.4 is 0 Å². The maximum atomic E-state index is 12.6. The average Bonchev–Trinajstić information content (AvgIpc) is 2.46. The molecule has 1 amide bonds. The van der Waals surface area contributed by atoms with E-state index in [1.54, 1.807) is 17.0 Å². The summed E-state index contributed by atoms with van der Waals surface area (Å²) in [5, 5.41) is 0.421. The Hall–Kier alpha value is -1.55. The van der Waals surface area contributed by atoms with E-state index in [0.717, 1.165) is 18.4 Å². The van der Waals surface area contributed by atoms with Crippen molar-refractivity contribution in [1.82, 2.24) is 4.90 Å². The van der Waals surface area contributed by atoms with E-state index in [1.807, 2.05) is 13.0 Å². The second-order valence-corrected chi connectivity index (χ2v) is 5.42. The van der Waals surface area contributed by atoms with E-state index in [9.17, 15) is 9.59 Å². The van der Waals surface area contributed by atoms with E-state index in [4.69, 9.17) is 16.3 Å². The highest BCUT2D eigenvalue weighted by atomic mass is 35.5. The SMILES string of the molecule is COC(=O)[C@H]1CCCCN1C(=O)c1ccc(C)cc1Cl. The van der Waals surface area contributed by atoms with Gasteiger partial charge in [-0.3, -0.25) is 4.79 Å². The smallest absolute Gasteiger partial charge is 0.328 e. The summed E-state index contributed by atoms with van der Waals surface area (Å²) in [6, 6.07) is 4.81. The van der Waals surface area contributed by atoms with E-state index in [1.165, 1.54) is 7.11 Å². The summed E-state index contributed by atoms with van der Waals surface area (Å²) in [5.41, 5.74) is 1.43. The van der Waals surface area contributed by atoms with Crippen molar-refractivity contribution in [3.8, 4) is 0 Å². The topological polar surface area (TPSA) is 46.6 Å². The van der Waals surface area contributed by atoms with Crippen LogP contribution in [-0.2, 0) is 9.53 Å². The number of hydrogen-bond acceptors (Lipinski definition) is 3. The summed E-state index contributed by atoms with van der Waals surface area (Å²) in [6.07, 6.45) is 2.45. The van der Waals surface area contributed by atoms with Gasteiger partial charge in [-0.15, -0.1) is 0 Å². The molecule has 0 unspecified atom stereocenters. The normalized spacial score (nSPS) is 18.8. The zero-order valence-electron chi connectivity index (χ0n) is 11.7. The van der Waals surface area contributed by atoms with Crippen LogP contribution in [0.3, 0.4) is 0 Å². The second kappa shape index (κ2) is 6.27. The molecule has 5 heteroatoms. The number of amides is 1. The van der Waals surface area contributed by atoms with Crippen LogP contribution in [0.15, 0.2) is 18.2 Å². The Kier molecular flexibility index (Phi) is 4.65. The van der Waals surface area contributed by atoms with Gasteiger partial charge in [-0.25, -0.2) is 4.79 Å². The summed E-state index contributed by atoms with van der Waals surface area (Å²) < 4.78 is 4.79. The predicted molar refractivity (Wildman–Crippen MR) is 76.9 cm³/mol. The van der Waals surface area contributed by atoms with Crippen molar-refractivity contribution in [1.29, 1.82) is 0 Å². The fourth-order valence-electron chi connectivity index (χ4n) is 2.50. The van der Waals surface area contributed by atoms with Crippen LogP contribution >= 0.6 is 11.6 Å². The number of esters is 1. The Labute approximate surface area is 123 Å². The van der Waals surface area contributed by atoms with Gasteiger partial charge in [-0.05, 0) is 43.9 Å². The van der Waals surface area contributed by atoms with Gasteiger partial charge in [-0.2, -0.15) is 0 Å². The van der Waals surface area contributed by atoms with Crippen molar-refractivity contribution in [3.63, 3.8) is 0 Å². The Morgan fingerprint density at radius 1 is 1.35 bits per heavy atom. The maximum Gasteiger partial charge on any atom is 0.328 e. The minimum absolute atomic E-state index is 0.204. The molecule has 108 valence electrons. The third kappa shape index (κ3) is 2.96. The average molecular weight is 296 g/mol. The molecule has 4 nitrogen and oxygen atoms in total. The number of nitrogens with zero attached hydrogens (tertiary/aromatic N) is 1. The summed E-state index contributed by atoms with van der Waals surface area (Å²) in [7, 11) is 1.35. The van der Waals surface area contributed by atoms with Crippen molar-refractivity contribution >= 4 is 23.5 Å². The zero-order valence-corrected chi connectivity index (χ0v) is 12.4. The number of benzene rings is 1. The van der Waals surface area contributed by atoms with Gasteiger partial charge in [0, 0.05) is 6.54 Å². The zero-order chi connectivity index (χ0) is 14.7. The molecule has 2 rings (SSSR count). The first kappa shape index (κ1) is 14.9. The number of carbonyl (C=O) groups is 2. The van der Waals surface area contributed by atoms with Crippen LogP contribution in [0.1, 0.15) is 35.2 Å². The van der Waals surface area contributed by atoms with E-state index in [-0.39, 0.29) is 11.9 Å². The third-order valence-corrected chi connectivity index (χ3v) is 3.90. The lowest BCUT2D eigenvalue weighted by molar-refractivity contribution is -0.147. The van der Waals surface area contributed by atoms with Crippen LogP contribution in [0, 0.1) is 6.92 Å². The first-order valence-electron chi connectivity index (χ1n) is 6.69. The Balaban J connectivity index is 2.27. The first-order chi connectivity index (χ1) is 9.54. The molecule has 1 fully saturated rings. The molecule has 0 spiro atoms. The number of piperidine rings is 1. The second-order valence-electron chi connectivity index (χ2n) is 5.02. The molecule has 1 heterocycles. The number of hydrogen-bond donors (Lipinski definition) is 0. The number of likely N-dealkylation sites (tertiary alicyclic amines) is 1. The molecule has 20 heavy (non-hydrogen) atoms. The fourth-order valence-corrected chi connectivity index (χ4v) is 2.82. The number of methoxy groups -OCH3 is 1. The molecule has 0 radical (unpaired) electrons. The van der Waals surface area contributed by atoms with Gasteiger partial charge < -0.3 is 9.64 Å². The molecule has 0 N–H and O–H groups in total. The highest BCUT2D eigenvalue weighted by Gasteiger charge is 2.33. The lowest BCUT2D eigenvalue weighted by Crippen LogP contribution is -2.48. The molecule has 0 aliphatic carbocycles. The highest BCUT2D eigenvalue weighted by Crippen LogP contribution is 2.24. The van der Waals surface area contributed by atoms with Crippen LogP contribution in [0.5, 0.6) is 0 Å². The summed E-state index contributed by atoms with van der Waals surface area (Å²) in [5.74, 6) is -0.564. The van der Waals surface area contributed by atoms with Gasteiger partial charge in [-0.1, -0.05) is 17.7 Å². The monoisotopic (exact) mass is 295 g/mol. The number of carbonyl (C=O) groups excluding carboxylic acids is 2. The fraction of sp³-hybridized carbons (Fsp3) is 0.467. The van der Waals surface area contributed by atoms with Crippen LogP contribution in [-0.4, -0.2) is 36.5 Å². The number of rotatable bonds is 2. The maximum absolute atomic E-state index is 12.6. The molecule has 1 atom stereocenters. The number of aryl methyl sites for hydroxylation is 1. The minimum Gasteiger partial charge on any atom is -0.467 e. The first-order valence-corrected chi connectivity index (χ1v) is 7.07. The van der Waals surface area contributed by atoms with Crippen molar-refractivity contribution in [2.45, 2.75) is 32.2 Å². The largest absolute Gasteiger partial charge is 0.467 e. The van der Waals surface area contributed by atoms with Gasteiger partial charge in [0.15, 0.2) is 0 Å². The molecule has 1 aromatic rings. The van der Waals surface area contributed by atoms with E-state index < -0.39 is 6.04 Å². The van der Waals surface area contributed by atoms with E-state index >= 15 is 0 Å². The van der Waals surface area contributed by atoms with Crippen LogP contribution in [0.25, 0.3) is 0 Å². The molecular weight excluding hydrogens is 278 g/mol. The highest BCUT2D eigenvalue weighted by molar-refractivity contribution is 6.34. The molecule has 0 saturated carbocycles. The van der Waals surface area contributed by atoms with E-state index in [2.05, 4.69) is 0 Å². The van der Waals surface area contributed by atoms with Crippen molar-refractivity contribution in [2.24, 2.45) is 0 Å². The van der Waals surface area contributed by atoms with Gasteiger partial charge in [0.2, 0.25) is 0 Å². The van der Waals surface area contributed by atoms with Gasteiger partial charge in [0.05, 0.1) is 17.7 Å². The van der Waals surface area contributed by atoms with E-state index in [0.29, 0.717) is 23.6 Å². The van der Waals surface area contributed by atoms with Crippen molar-refractivity contribution in [2.75, 3.05) is 13.7 Å². The van der Waals surface area contributed by atoms with Crippen molar-refractivity contribution < 1.29 is 14.3 Å². The van der Waals surface area contributed by atoms with Crippen LogP contribution in [0.2, 0.25) is 5.02 Å². The summed E-state index contributed by atoms with van der Waals surface area (Å²) in [6.45, 7) is 2.47. The van der Waals surface area contributed by atoms with Crippen LogP contribution in [0.4, 0.5) is 0 Å². The third-order valence-electron chi connectivity index (χ3n) is 3.59. The molecule has 0 bridgehead atoms. The molecule has 1 saturated heterocycles. The lowest BCUT2D eigenvalue weighted by atomic mass is 10.0. The van der Waals surface area contributed by atoms with Gasteiger partial charge >= 0.3 is 5.97 Å². The molecule has 1 aliphatic heterocycles. The van der Waals surface area contributed by atoms with Gasteiger partial charge in [0.1, 0.15) is 6.04 Å². The lowest BCUT2D eigenvalue weighted by Gasteiger charge is -2.34. The Bertz CT molecular complexity index is 530. The molecular formula is C15H18ClNO3. The Morgan fingerprint density at radius 3 is 2.75 bits per heavy atom. The molecule has 1 aliphatic rings. The molecule has 0 aromatic heterocycles. The standard InChI is InChI=1S/C15H18ClNO3/c1-10-6-7-11(12(16)9-10)14(18)17-8-4-3-5-13(17)15(19)20-2/h6-7,9,13H,3-5,8H2,1-2H3/t13-/m1/s1. The van der Waals surface area contributed by atoms with Crippen molar-refractivity contribution in [3.05, 3.63) is 34.3 Å². The quantitative estimate of drug-likeness (QED) is 0.788. The molecule has 1 aromatic carbocycles. The summed E-state index contributed by atoms with van der Waals surface area (Å²) in [4.78, 5) is 26.0. The Morgan fingerprint density at radius 2 is 2.10 bits per heavy atom. The number of ether oxygens (including phenoxy) is 1. The summed E-state index contributed by atoms with van der Waals surface area (Å²) >= 11 is 6.14. The number of halogens is 1. The minimum atomic E-state index is -0.501.